The molecular formula is C23H27N3O. The molecule has 2 N–H and O–H groups in total. The first-order valence-electron chi connectivity index (χ1n) is 9.93. The van der Waals surface area contributed by atoms with Crippen LogP contribution >= 0.6 is 0 Å². The van der Waals surface area contributed by atoms with Crippen molar-refractivity contribution < 1.29 is 4.79 Å². The summed E-state index contributed by atoms with van der Waals surface area (Å²) in [6, 6.07) is 16.8. The van der Waals surface area contributed by atoms with Gasteiger partial charge in [-0.05, 0) is 74.0 Å². The Morgan fingerprint density at radius 3 is 2.67 bits per heavy atom. The quantitative estimate of drug-likeness (QED) is 0.619. The van der Waals surface area contributed by atoms with E-state index in [1.54, 1.807) is 0 Å². The third kappa shape index (κ3) is 4.06. The summed E-state index contributed by atoms with van der Waals surface area (Å²) >= 11 is 0. The van der Waals surface area contributed by atoms with Crippen LogP contribution in [-0.4, -0.2) is 31.0 Å². The molecule has 1 amide bonds. The van der Waals surface area contributed by atoms with Gasteiger partial charge in [0.1, 0.15) is 0 Å². The van der Waals surface area contributed by atoms with Gasteiger partial charge in [0.25, 0.3) is 0 Å². The van der Waals surface area contributed by atoms with Gasteiger partial charge in [0.2, 0.25) is 6.41 Å². The van der Waals surface area contributed by atoms with Crippen LogP contribution in [0.1, 0.15) is 36.3 Å². The number of carbonyl (C=O) groups excluding carboxylic acids is 1. The van der Waals surface area contributed by atoms with Gasteiger partial charge in [0, 0.05) is 29.3 Å². The SMILES string of the molecule is O=CN(CCCc1ccccc1)c1ccc2[nH]cc(C3CCNCC3)c2c1. The minimum Gasteiger partial charge on any atom is -0.361 e. The number of rotatable bonds is 7. The highest BCUT2D eigenvalue weighted by molar-refractivity contribution is 5.89. The van der Waals surface area contributed by atoms with Crippen molar-refractivity contribution in [1.82, 2.24) is 10.3 Å². The summed E-state index contributed by atoms with van der Waals surface area (Å²) in [5.41, 5.74) is 4.85. The Morgan fingerprint density at radius 2 is 1.89 bits per heavy atom. The van der Waals surface area contributed by atoms with Crippen LogP contribution in [0, 0.1) is 0 Å². The Labute approximate surface area is 160 Å². The highest BCUT2D eigenvalue weighted by Crippen LogP contribution is 2.33. The second-order valence-corrected chi connectivity index (χ2v) is 7.39. The zero-order chi connectivity index (χ0) is 18.5. The van der Waals surface area contributed by atoms with Crippen LogP contribution in [0.15, 0.2) is 54.7 Å². The van der Waals surface area contributed by atoms with E-state index in [0.717, 1.165) is 50.1 Å². The second-order valence-electron chi connectivity index (χ2n) is 7.39. The van der Waals surface area contributed by atoms with Gasteiger partial charge >= 0.3 is 0 Å². The molecule has 4 nitrogen and oxygen atoms in total. The highest BCUT2D eigenvalue weighted by atomic mass is 16.1. The van der Waals surface area contributed by atoms with Crippen molar-refractivity contribution >= 4 is 23.0 Å². The number of aromatic amines is 1. The predicted molar refractivity (Wildman–Crippen MR) is 111 cm³/mol. The lowest BCUT2D eigenvalue weighted by molar-refractivity contribution is -0.107. The molecule has 2 aromatic carbocycles. The molecule has 1 aliphatic heterocycles. The molecule has 1 fully saturated rings. The number of amides is 1. The maximum atomic E-state index is 11.7. The van der Waals surface area contributed by atoms with Crippen LogP contribution in [0.4, 0.5) is 5.69 Å². The van der Waals surface area contributed by atoms with Gasteiger partial charge in [0.05, 0.1) is 0 Å². The number of hydrogen-bond acceptors (Lipinski definition) is 2. The Balaban J connectivity index is 1.49. The van der Waals surface area contributed by atoms with E-state index < -0.39 is 0 Å². The van der Waals surface area contributed by atoms with Crippen LogP contribution in [0.25, 0.3) is 10.9 Å². The summed E-state index contributed by atoms with van der Waals surface area (Å²) in [4.78, 5) is 17.0. The van der Waals surface area contributed by atoms with Gasteiger partial charge in [-0.3, -0.25) is 4.79 Å². The van der Waals surface area contributed by atoms with Gasteiger partial charge in [-0.15, -0.1) is 0 Å². The molecule has 0 atom stereocenters. The van der Waals surface area contributed by atoms with Crippen LogP contribution in [-0.2, 0) is 11.2 Å². The van der Waals surface area contributed by atoms with Crippen LogP contribution in [0.2, 0.25) is 0 Å². The highest BCUT2D eigenvalue weighted by Gasteiger charge is 2.19. The molecule has 4 heteroatoms. The summed E-state index contributed by atoms with van der Waals surface area (Å²) in [6.07, 6.45) is 7.40. The molecule has 0 aliphatic carbocycles. The van der Waals surface area contributed by atoms with Crippen LogP contribution in [0.5, 0.6) is 0 Å². The number of anilines is 1. The minimum absolute atomic E-state index is 0.595. The molecule has 4 rings (SSSR count). The van der Waals surface area contributed by atoms with Crippen molar-refractivity contribution in [3.63, 3.8) is 0 Å². The molecular weight excluding hydrogens is 334 g/mol. The van der Waals surface area contributed by atoms with Crippen molar-refractivity contribution in [2.24, 2.45) is 0 Å². The Hall–Kier alpha value is -2.59. The van der Waals surface area contributed by atoms with Crippen molar-refractivity contribution in [3.8, 4) is 0 Å². The maximum absolute atomic E-state index is 11.7. The van der Waals surface area contributed by atoms with E-state index in [0.29, 0.717) is 5.92 Å². The minimum atomic E-state index is 0.595. The molecule has 0 unspecified atom stereocenters. The first-order chi connectivity index (χ1) is 13.3. The molecule has 3 aromatic rings. The van der Waals surface area contributed by atoms with Crippen molar-refractivity contribution in [1.29, 1.82) is 0 Å². The maximum Gasteiger partial charge on any atom is 0.214 e. The number of hydrogen-bond donors (Lipinski definition) is 2. The molecule has 1 saturated heterocycles. The third-order valence-corrected chi connectivity index (χ3v) is 5.64. The van der Waals surface area contributed by atoms with Crippen molar-refractivity contribution in [2.75, 3.05) is 24.5 Å². The van der Waals surface area contributed by atoms with E-state index in [-0.39, 0.29) is 0 Å². The molecule has 140 valence electrons. The summed E-state index contributed by atoms with van der Waals surface area (Å²) in [5, 5.41) is 4.69. The third-order valence-electron chi connectivity index (χ3n) is 5.64. The molecule has 0 bridgehead atoms. The Kier molecular flexibility index (Phi) is 5.54. The fourth-order valence-corrected chi connectivity index (χ4v) is 4.12. The first kappa shape index (κ1) is 17.8. The summed E-state index contributed by atoms with van der Waals surface area (Å²) < 4.78 is 0. The number of nitrogens with one attached hydrogen (secondary N) is 2. The zero-order valence-corrected chi connectivity index (χ0v) is 15.7. The predicted octanol–water partition coefficient (Wildman–Crippen LogP) is 4.23. The number of H-pyrrole nitrogens is 1. The largest absolute Gasteiger partial charge is 0.361 e. The number of aromatic nitrogens is 1. The average molecular weight is 361 g/mol. The van der Waals surface area contributed by atoms with E-state index in [1.807, 2.05) is 17.0 Å². The standard InChI is InChI=1S/C23H27N3O/c27-17-26(14-4-7-18-5-2-1-3-6-18)20-8-9-23-21(15-20)22(16-25-23)19-10-12-24-13-11-19/h1-3,5-6,8-9,15-17,19,24-25H,4,7,10-14H2. The lowest BCUT2D eigenvalue weighted by Gasteiger charge is -2.23. The fraction of sp³-hybridized carbons (Fsp3) is 0.348. The lowest BCUT2D eigenvalue weighted by atomic mass is 9.90. The average Bonchev–Trinajstić information content (AvgIpc) is 3.16. The lowest BCUT2D eigenvalue weighted by Crippen LogP contribution is -2.26. The van der Waals surface area contributed by atoms with Crippen LogP contribution < -0.4 is 10.2 Å². The van der Waals surface area contributed by atoms with E-state index in [1.165, 1.54) is 29.4 Å². The number of fused-ring (bicyclic) bond motifs is 1. The van der Waals surface area contributed by atoms with E-state index in [2.05, 4.69) is 52.9 Å². The topological polar surface area (TPSA) is 48.1 Å². The Bertz CT molecular complexity index is 881. The van der Waals surface area contributed by atoms with Gasteiger partial charge < -0.3 is 15.2 Å². The second kappa shape index (κ2) is 8.40. The Morgan fingerprint density at radius 1 is 1.07 bits per heavy atom. The monoisotopic (exact) mass is 361 g/mol. The number of carbonyl (C=O) groups is 1. The number of aryl methyl sites for hydroxylation is 1. The zero-order valence-electron chi connectivity index (χ0n) is 15.7. The van der Waals surface area contributed by atoms with E-state index in [9.17, 15) is 4.79 Å². The first-order valence-corrected chi connectivity index (χ1v) is 9.93. The van der Waals surface area contributed by atoms with Crippen molar-refractivity contribution in [3.05, 3.63) is 65.9 Å². The number of benzene rings is 2. The molecule has 0 radical (unpaired) electrons. The normalized spacial score (nSPS) is 15.1. The molecule has 0 spiro atoms. The molecule has 1 aromatic heterocycles. The smallest absolute Gasteiger partial charge is 0.214 e. The van der Waals surface area contributed by atoms with Gasteiger partial charge in [-0.25, -0.2) is 0 Å². The fourth-order valence-electron chi connectivity index (χ4n) is 4.12. The van der Waals surface area contributed by atoms with Crippen LogP contribution in [0.3, 0.4) is 0 Å². The van der Waals surface area contributed by atoms with Crippen molar-refractivity contribution in [2.45, 2.75) is 31.6 Å². The summed E-state index contributed by atoms with van der Waals surface area (Å²) in [6.45, 7) is 2.89. The van der Waals surface area contributed by atoms with E-state index in [4.69, 9.17) is 0 Å². The molecule has 0 saturated carbocycles. The number of nitrogens with zero attached hydrogens (tertiary/aromatic N) is 1. The van der Waals surface area contributed by atoms with Gasteiger partial charge in [-0.2, -0.15) is 0 Å². The molecule has 27 heavy (non-hydrogen) atoms. The van der Waals surface area contributed by atoms with E-state index >= 15 is 0 Å². The van der Waals surface area contributed by atoms with Gasteiger partial charge in [0.15, 0.2) is 0 Å². The van der Waals surface area contributed by atoms with Gasteiger partial charge in [-0.1, -0.05) is 30.3 Å². The number of piperidine rings is 1. The summed E-state index contributed by atoms with van der Waals surface area (Å²) in [7, 11) is 0. The summed E-state index contributed by atoms with van der Waals surface area (Å²) in [5.74, 6) is 0.595. The molecule has 2 heterocycles. The molecule has 1 aliphatic rings.